The quantitative estimate of drug-likeness (QED) is 0.626. The smallest absolute Gasteiger partial charge is 0.258 e. The maximum Gasteiger partial charge on any atom is 0.258 e. The number of nitrogens with zero attached hydrogens (tertiary/aromatic N) is 4. The molecule has 162 valence electrons. The van der Waals surface area contributed by atoms with Gasteiger partial charge in [-0.05, 0) is 30.2 Å². The molecule has 2 heterocycles. The summed E-state index contributed by atoms with van der Waals surface area (Å²) in [5, 5.41) is 6.90. The minimum Gasteiger partial charge on any atom is -0.379 e. The van der Waals surface area contributed by atoms with Crippen molar-refractivity contribution in [3.63, 3.8) is 0 Å². The lowest BCUT2D eigenvalue weighted by Crippen LogP contribution is -2.40. The van der Waals surface area contributed by atoms with E-state index < -0.39 is 15.9 Å². The Morgan fingerprint density at radius 3 is 2.61 bits per heavy atom. The lowest BCUT2D eigenvalue weighted by Gasteiger charge is -2.26. The van der Waals surface area contributed by atoms with E-state index in [1.54, 1.807) is 23.7 Å². The number of benzene rings is 2. The highest BCUT2D eigenvalue weighted by molar-refractivity contribution is 7.89. The Morgan fingerprint density at radius 2 is 1.87 bits per heavy atom. The third-order valence-electron chi connectivity index (χ3n) is 4.99. The van der Waals surface area contributed by atoms with Gasteiger partial charge >= 0.3 is 0 Å². The predicted octanol–water partition coefficient (Wildman–Crippen LogP) is 1.91. The molecule has 9 nitrogen and oxygen atoms in total. The molecule has 1 aliphatic rings. The molecule has 0 saturated carbocycles. The molecule has 4 rings (SSSR count). The largest absolute Gasteiger partial charge is 0.379 e. The molecule has 1 N–H and O–H groups in total. The first-order valence-corrected chi connectivity index (χ1v) is 11.3. The second-order valence-electron chi connectivity index (χ2n) is 7.20. The minimum atomic E-state index is -3.71. The molecule has 1 fully saturated rings. The van der Waals surface area contributed by atoms with Crippen molar-refractivity contribution >= 4 is 21.9 Å². The van der Waals surface area contributed by atoms with Gasteiger partial charge < -0.3 is 4.74 Å². The first kappa shape index (κ1) is 21.2. The van der Waals surface area contributed by atoms with Crippen molar-refractivity contribution in [2.24, 2.45) is 0 Å². The van der Waals surface area contributed by atoms with Crippen molar-refractivity contribution < 1.29 is 17.9 Å². The fourth-order valence-corrected chi connectivity index (χ4v) is 4.98. The number of anilines is 1. The Hall–Kier alpha value is -3.08. The molecule has 10 heteroatoms. The standard InChI is InChI=1S/C21H23N5O4S/c1-16-7-8-18(13-19(16)31(28,29)26-9-11-30-12-10-26)20(27)23-21-22-15-25(24-21)14-17-5-3-2-4-6-17/h2-8,13,15H,9-12,14H2,1H3,(H,23,24,27). The van der Waals surface area contributed by atoms with Crippen LogP contribution in [-0.4, -0.2) is 59.7 Å². The molecule has 1 saturated heterocycles. The van der Waals surface area contributed by atoms with Crippen LogP contribution in [-0.2, 0) is 21.3 Å². The van der Waals surface area contributed by atoms with Crippen LogP contribution < -0.4 is 5.32 Å². The van der Waals surface area contributed by atoms with Crippen LogP contribution in [0.2, 0.25) is 0 Å². The second kappa shape index (κ2) is 8.96. The average molecular weight is 442 g/mol. The summed E-state index contributed by atoms with van der Waals surface area (Å²) in [4.78, 5) is 17.0. The lowest BCUT2D eigenvalue weighted by atomic mass is 10.1. The number of hydrogen-bond acceptors (Lipinski definition) is 6. The molecule has 3 aromatic rings. The number of rotatable bonds is 6. The zero-order valence-electron chi connectivity index (χ0n) is 17.1. The van der Waals surface area contributed by atoms with Crippen molar-refractivity contribution in [2.75, 3.05) is 31.6 Å². The number of amides is 1. The topological polar surface area (TPSA) is 106 Å². The van der Waals surface area contributed by atoms with Gasteiger partial charge in [0.05, 0.1) is 24.7 Å². The maximum absolute atomic E-state index is 13.0. The Morgan fingerprint density at radius 1 is 1.13 bits per heavy atom. The molecule has 0 unspecified atom stereocenters. The third kappa shape index (κ3) is 4.82. The van der Waals surface area contributed by atoms with Crippen molar-refractivity contribution in [3.05, 3.63) is 71.5 Å². The molecule has 1 amide bonds. The maximum atomic E-state index is 13.0. The summed E-state index contributed by atoms with van der Waals surface area (Å²) in [6.45, 7) is 3.53. The van der Waals surface area contributed by atoms with Gasteiger partial charge in [-0.2, -0.15) is 4.31 Å². The fourth-order valence-electron chi connectivity index (χ4n) is 3.32. The Labute approximate surface area is 180 Å². The minimum absolute atomic E-state index is 0.115. The van der Waals surface area contributed by atoms with Gasteiger partial charge in [-0.25, -0.2) is 18.1 Å². The number of morpholine rings is 1. The monoisotopic (exact) mass is 441 g/mol. The molecule has 0 atom stereocenters. The van der Waals surface area contributed by atoms with E-state index >= 15 is 0 Å². The number of sulfonamides is 1. The van der Waals surface area contributed by atoms with Crippen molar-refractivity contribution in [1.82, 2.24) is 19.1 Å². The van der Waals surface area contributed by atoms with Crippen LogP contribution in [0.5, 0.6) is 0 Å². The van der Waals surface area contributed by atoms with Crippen LogP contribution in [0.3, 0.4) is 0 Å². The molecule has 0 aliphatic carbocycles. The number of carbonyl (C=O) groups excluding carboxylic acids is 1. The summed E-state index contributed by atoms with van der Waals surface area (Å²) >= 11 is 0. The molecular formula is C21H23N5O4S. The van der Waals surface area contributed by atoms with Gasteiger partial charge in [0.2, 0.25) is 16.0 Å². The summed E-state index contributed by atoms with van der Waals surface area (Å²) in [6, 6.07) is 14.4. The molecular weight excluding hydrogens is 418 g/mol. The summed E-state index contributed by atoms with van der Waals surface area (Å²) in [5.41, 5.74) is 1.85. The molecule has 31 heavy (non-hydrogen) atoms. The van der Waals surface area contributed by atoms with E-state index in [0.29, 0.717) is 38.4 Å². The number of aromatic nitrogens is 3. The molecule has 0 spiro atoms. The molecule has 1 aliphatic heterocycles. The Kier molecular flexibility index (Phi) is 6.12. The van der Waals surface area contributed by atoms with Crippen LogP contribution in [0.25, 0.3) is 0 Å². The Balaban J connectivity index is 1.50. The number of aryl methyl sites for hydroxylation is 1. The van der Waals surface area contributed by atoms with E-state index in [0.717, 1.165) is 5.56 Å². The van der Waals surface area contributed by atoms with Crippen LogP contribution >= 0.6 is 0 Å². The van der Waals surface area contributed by atoms with Gasteiger partial charge in [0.25, 0.3) is 5.91 Å². The molecule has 1 aromatic heterocycles. The highest BCUT2D eigenvalue weighted by Gasteiger charge is 2.28. The van der Waals surface area contributed by atoms with Crippen LogP contribution in [0, 0.1) is 6.92 Å². The molecule has 0 bridgehead atoms. The van der Waals surface area contributed by atoms with Gasteiger partial charge in [-0.3, -0.25) is 10.1 Å². The van der Waals surface area contributed by atoms with Crippen molar-refractivity contribution in [2.45, 2.75) is 18.4 Å². The summed E-state index contributed by atoms with van der Waals surface area (Å²) in [7, 11) is -3.71. The van der Waals surface area contributed by atoms with Gasteiger partial charge in [0, 0.05) is 18.7 Å². The zero-order valence-corrected chi connectivity index (χ0v) is 17.9. The number of ether oxygens (including phenoxy) is 1. The lowest BCUT2D eigenvalue weighted by molar-refractivity contribution is 0.0730. The number of hydrogen-bond donors (Lipinski definition) is 1. The van der Waals surface area contributed by atoms with E-state index in [9.17, 15) is 13.2 Å². The Bertz CT molecular complexity index is 1170. The molecule has 0 radical (unpaired) electrons. The highest BCUT2D eigenvalue weighted by Crippen LogP contribution is 2.22. The third-order valence-corrected chi connectivity index (χ3v) is 7.03. The second-order valence-corrected chi connectivity index (χ2v) is 9.11. The first-order valence-electron chi connectivity index (χ1n) is 9.87. The summed E-state index contributed by atoms with van der Waals surface area (Å²) < 4.78 is 34.3. The first-order chi connectivity index (χ1) is 14.9. The van der Waals surface area contributed by atoms with Gasteiger partial charge in [0.15, 0.2) is 0 Å². The number of carbonyl (C=O) groups is 1. The van der Waals surface area contributed by atoms with E-state index in [4.69, 9.17) is 4.74 Å². The van der Waals surface area contributed by atoms with Crippen molar-refractivity contribution in [1.29, 1.82) is 0 Å². The summed E-state index contributed by atoms with van der Waals surface area (Å²) in [5.74, 6) is -0.324. The summed E-state index contributed by atoms with van der Waals surface area (Å²) in [6.07, 6.45) is 1.53. The van der Waals surface area contributed by atoms with Crippen LogP contribution in [0.4, 0.5) is 5.95 Å². The average Bonchev–Trinajstić information content (AvgIpc) is 3.21. The normalized spacial score (nSPS) is 15.0. The van der Waals surface area contributed by atoms with Crippen LogP contribution in [0.1, 0.15) is 21.5 Å². The molecule has 2 aromatic carbocycles. The van der Waals surface area contributed by atoms with Gasteiger partial charge in [-0.1, -0.05) is 36.4 Å². The predicted molar refractivity (Wildman–Crippen MR) is 114 cm³/mol. The highest BCUT2D eigenvalue weighted by atomic mass is 32.2. The van der Waals surface area contributed by atoms with Crippen LogP contribution in [0.15, 0.2) is 59.8 Å². The fraction of sp³-hybridized carbons (Fsp3) is 0.286. The van der Waals surface area contributed by atoms with E-state index in [1.165, 1.54) is 16.7 Å². The van der Waals surface area contributed by atoms with Gasteiger partial charge in [-0.15, -0.1) is 5.10 Å². The zero-order chi connectivity index (χ0) is 21.8. The van der Waals surface area contributed by atoms with Gasteiger partial charge in [0.1, 0.15) is 6.33 Å². The van der Waals surface area contributed by atoms with E-state index in [-0.39, 0.29) is 16.4 Å². The van der Waals surface area contributed by atoms with E-state index in [2.05, 4.69) is 15.4 Å². The SMILES string of the molecule is Cc1ccc(C(=O)Nc2ncn(Cc3ccccc3)n2)cc1S(=O)(=O)N1CCOCC1. The van der Waals surface area contributed by atoms with Crippen molar-refractivity contribution in [3.8, 4) is 0 Å². The number of nitrogens with one attached hydrogen (secondary N) is 1. The van der Waals surface area contributed by atoms with E-state index in [1.807, 2.05) is 30.3 Å².